The van der Waals surface area contributed by atoms with Crippen LogP contribution in [0.3, 0.4) is 0 Å². The van der Waals surface area contributed by atoms with Crippen molar-refractivity contribution in [2.45, 2.75) is 75.8 Å². The highest BCUT2D eigenvalue weighted by atomic mass is 15.0. The Hall–Kier alpha value is -0.0800. The van der Waals surface area contributed by atoms with Gasteiger partial charge >= 0.3 is 0 Å². The molecule has 2 rings (SSSR count). The lowest BCUT2D eigenvalue weighted by atomic mass is 9.82. The summed E-state index contributed by atoms with van der Waals surface area (Å²) in [6, 6.07) is 0. The van der Waals surface area contributed by atoms with Crippen LogP contribution >= 0.6 is 0 Å². The Morgan fingerprint density at radius 1 is 0.933 bits per heavy atom. The van der Waals surface area contributed by atoms with Gasteiger partial charge in [-0.15, -0.1) is 0 Å². The van der Waals surface area contributed by atoms with Gasteiger partial charge in [0, 0.05) is 17.6 Å². The van der Waals surface area contributed by atoms with Crippen LogP contribution in [0.4, 0.5) is 0 Å². The molecule has 88 valence electrons. The summed E-state index contributed by atoms with van der Waals surface area (Å²) in [6.45, 7) is 3.40. The third-order valence-electron chi connectivity index (χ3n) is 4.42. The van der Waals surface area contributed by atoms with Crippen molar-refractivity contribution in [1.82, 2.24) is 5.32 Å². The Bertz CT molecular complexity index is 201. The normalized spacial score (nSPS) is 29.2. The summed E-state index contributed by atoms with van der Waals surface area (Å²) in [5, 5.41) is 3.74. The van der Waals surface area contributed by atoms with Gasteiger partial charge in [-0.3, -0.25) is 0 Å². The number of hydrogen-bond acceptors (Lipinski definition) is 2. The molecule has 0 radical (unpaired) electrons. The number of nitrogens with one attached hydrogen (secondary N) is 1. The molecule has 15 heavy (non-hydrogen) atoms. The molecular formula is C13H26N2. The minimum Gasteiger partial charge on any atom is -0.324 e. The average molecular weight is 210 g/mol. The van der Waals surface area contributed by atoms with Gasteiger partial charge in [-0.1, -0.05) is 32.1 Å². The van der Waals surface area contributed by atoms with E-state index in [1.165, 1.54) is 57.8 Å². The van der Waals surface area contributed by atoms with Crippen LogP contribution in [0.1, 0.15) is 64.7 Å². The van der Waals surface area contributed by atoms with Crippen LogP contribution in [-0.2, 0) is 0 Å². The SMILES string of the molecule is CC1(NCC2(N)CCCCC2)CCCC1. The fourth-order valence-corrected chi connectivity index (χ4v) is 3.15. The van der Waals surface area contributed by atoms with Crippen LogP contribution < -0.4 is 11.1 Å². The third-order valence-corrected chi connectivity index (χ3v) is 4.42. The molecule has 0 aromatic rings. The molecule has 3 N–H and O–H groups in total. The van der Waals surface area contributed by atoms with E-state index in [4.69, 9.17) is 5.73 Å². The standard InChI is InChI=1S/C13H26N2/c1-12(7-5-6-8-12)15-11-13(14)9-3-2-4-10-13/h15H,2-11,14H2,1H3. The molecule has 0 heterocycles. The van der Waals surface area contributed by atoms with E-state index in [9.17, 15) is 0 Å². The highest BCUT2D eigenvalue weighted by Crippen LogP contribution is 2.31. The number of rotatable bonds is 3. The van der Waals surface area contributed by atoms with E-state index in [2.05, 4.69) is 12.2 Å². The van der Waals surface area contributed by atoms with Crippen LogP contribution in [-0.4, -0.2) is 17.6 Å². The molecule has 0 unspecified atom stereocenters. The van der Waals surface area contributed by atoms with Gasteiger partial charge < -0.3 is 11.1 Å². The zero-order valence-electron chi connectivity index (χ0n) is 10.1. The summed E-state index contributed by atoms with van der Waals surface area (Å²) in [7, 11) is 0. The van der Waals surface area contributed by atoms with E-state index in [0.29, 0.717) is 5.54 Å². The Morgan fingerprint density at radius 3 is 2.07 bits per heavy atom. The summed E-state index contributed by atoms with van der Waals surface area (Å²) < 4.78 is 0. The van der Waals surface area contributed by atoms with E-state index >= 15 is 0 Å². The molecule has 2 nitrogen and oxygen atoms in total. The smallest absolute Gasteiger partial charge is 0.0281 e. The van der Waals surface area contributed by atoms with Gasteiger partial charge in [0.1, 0.15) is 0 Å². The first-order valence-electron chi connectivity index (χ1n) is 6.66. The molecule has 0 atom stereocenters. The van der Waals surface area contributed by atoms with Crippen molar-refractivity contribution in [2.24, 2.45) is 5.73 Å². The van der Waals surface area contributed by atoms with Crippen LogP contribution in [0.2, 0.25) is 0 Å². The molecular weight excluding hydrogens is 184 g/mol. The maximum atomic E-state index is 6.43. The molecule has 0 aliphatic heterocycles. The summed E-state index contributed by atoms with van der Waals surface area (Å²) in [5.74, 6) is 0. The van der Waals surface area contributed by atoms with Crippen molar-refractivity contribution < 1.29 is 0 Å². The van der Waals surface area contributed by atoms with Crippen molar-refractivity contribution in [3.05, 3.63) is 0 Å². The van der Waals surface area contributed by atoms with Gasteiger partial charge in [-0.05, 0) is 32.6 Å². The molecule has 2 aliphatic rings. The molecule has 2 aliphatic carbocycles. The first-order valence-corrected chi connectivity index (χ1v) is 6.66. The van der Waals surface area contributed by atoms with E-state index < -0.39 is 0 Å². The van der Waals surface area contributed by atoms with Gasteiger partial charge in [0.05, 0.1) is 0 Å². The fourth-order valence-electron chi connectivity index (χ4n) is 3.15. The maximum Gasteiger partial charge on any atom is 0.0281 e. The first-order chi connectivity index (χ1) is 7.12. The maximum absolute atomic E-state index is 6.43. The second kappa shape index (κ2) is 4.42. The highest BCUT2D eigenvalue weighted by molar-refractivity contribution is 4.95. The Morgan fingerprint density at radius 2 is 1.47 bits per heavy atom. The van der Waals surface area contributed by atoms with E-state index in [1.54, 1.807) is 0 Å². The summed E-state index contributed by atoms with van der Waals surface area (Å²) >= 11 is 0. The summed E-state index contributed by atoms with van der Waals surface area (Å²) in [4.78, 5) is 0. The fraction of sp³-hybridized carbons (Fsp3) is 1.00. The minimum absolute atomic E-state index is 0.101. The number of hydrogen-bond donors (Lipinski definition) is 2. The Labute approximate surface area is 94.0 Å². The molecule has 0 bridgehead atoms. The largest absolute Gasteiger partial charge is 0.324 e. The zero-order valence-corrected chi connectivity index (χ0v) is 10.1. The second-order valence-corrected chi connectivity index (χ2v) is 6.04. The molecule has 0 aromatic heterocycles. The lowest BCUT2D eigenvalue weighted by Gasteiger charge is -2.37. The first kappa shape index (κ1) is 11.4. The van der Waals surface area contributed by atoms with E-state index in [-0.39, 0.29) is 5.54 Å². The quantitative estimate of drug-likeness (QED) is 0.751. The monoisotopic (exact) mass is 210 g/mol. The number of nitrogens with two attached hydrogens (primary N) is 1. The van der Waals surface area contributed by atoms with Crippen LogP contribution in [0.5, 0.6) is 0 Å². The molecule has 0 amide bonds. The van der Waals surface area contributed by atoms with Crippen LogP contribution in [0.25, 0.3) is 0 Å². The Kier molecular flexibility index (Phi) is 3.36. The summed E-state index contributed by atoms with van der Waals surface area (Å²) in [6.07, 6.45) is 11.9. The zero-order chi connectivity index (χ0) is 10.8. The van der Waals surface area contributed by atoms with Crippen molar-refractivity contribution in [3.8, 4) is 0 Å². The highest BCUT2D eigenvalue weighted by Gasteiger charge is 2.33. The minimum atomic E-state index is 0.101. The molecule has 2 fully saturated rings. The van der Waals surface area contributed by atoms with Gasteiger partial charge in [0.2, 0.25) is 0 Å². The van der Waals surface area contributed by atoms with Gasteiger partial charge in [0.15, 0.2) is 0 Å². The van der Waals surface area contributed by atoms with E-state index in [0.717, 1.165) is 6.54 Å². The van der Waals surface area contributed by atoms with Crippen molar-refractivity contribution in [3.63, 3.8) is 0 Å². The average Bonchev–Trinajstić information content (AvgIpc) is 2.65. The van der Waals surface area contributed by atoms with E-state index in [1.807, 2.05) is 0 Å². The molecule has 2 saturated carbocycles. The van der Waals surface area contributed by atoms with Gasteiger partial charge in [0.25, 0.3) is 0 Å². The topological polar surface area (TPSA) is 38.0 Å². The Balaban J connectivity index is 1.80. The lowest BCUT2D eigenvalue weighted by Crippen LogP contribution is -2.54. The molecule has 0 spiro atoms. The third kappa shape index (κ3) is 2.94. The molecule has 2 heteroatoms. The van der Waals surface area contributed by atoms with Crippen LogP contribution in [0, 0.1) is 0 Å². The van der Waals surface area contributed by atoms with Crippen molar-refractivity contribution >= 4 is 0 Å². The second-order valence-electron chi connectivity index (χ2n) is 6.04. The predicted molar refractivity (Wildman–Crippen MR) is 64.9 cm³/mol. The summed E-state index contributed by atoms with van der Waals surface area (Å²) in [5.41, 5.74) is 6.93. The van der Waals surface area contributed by atoms with Crippen LogP contribution in [0.15, 0.2) is 0 Å². The van der Waals surface area contributed by atoms with Gasteiger partial charge in [-0.2, -0.15) is 0 Å². The van der Waals surface area contributed by atoms with Crippen molar-refractivity contribution in [2.75, 3.05) is 6.54 Å². The predicted octanol–water partition coefficient (Wildman–Crippen LogP) is 2.57. The van der Waals surface area contributed by atoms with Gasteiger partial charge in [-0.25, -0.2) is 0 Å². The van der Waals surface area contributed by atoms with Crippen molar-refractivity contribution in [1.29, 1.82) is 0 Å². The molecule has 0 saturated heterocycles. The lowest BCUT2D eigenvalue weighted by molar-refractivity contribution is 0.245. The molecule has 0 aromatic carbocycles.